The van der Waals surface area contributed by atoms with Gasteiger partial charge in [0.25, 0.3) is 0 Å². The minimum absolute atomic E-state index is 0.497. The van der Waals surface area contributed by atoms with Crippen molar-refractivity contribution < 1.29 is 4.74 Å². The van der Waals surface area contributed by atoms with Crippen LogP contribution >= 0.6 is 12.2 Å². The van der Waals surface area contributed by atoms with E-state index >= 15 is 0 Å². The van der Waals surface area contributed by atoms with Gasteiger partial charge in [-0.3, -0.25) is 0 Å². The first-order chi connectivity index (χ1) is 7.70. The Bertz CT molecular complexity index is 546. The van der Waals surface area contributed by atoms with Crippen molar-refractivity contribution in [2.75, 3.05) is 7.11 Å². The van der Waals surface area contributed by atoms with Crippen LogP contribution in [0.1, 0.15) is 5.56 Å². The maximum absolute atomic E-state index is 5.12. The summed E-state index contributed by atoms with van der Waals surface area (Å²) in [5.74, 6) is 0.842. The molecule has 0 radical (unpaired) electrons. The highest BCUT2D eigenvalue weighted by atomic mass is 32.1. The standard InChI is InChI=1S/C12H12N2OS/c1-8-7-13-12(16)14-11(8)9-3-5-10(15-2)6-4-9/h3-7H,1-2H3,(H,13,14,16). The van der Waals surface area contributed by atoms with Gasteiger partial charge in [0.1, 0.15) is 5.75 Å². The van der Waals surface area contributed by atoms with E-state index in [9.17, 15) is 0 Å². The monoisotopic (exact) mass is 232 g/mol. The van der Waals surface area contributed by atoms with Crippen LogP contribution in [0.15, 0.2) is 30.5 Å². The van der Waals surface area contributed by atoms with Crippen molar-refractivity contribution in [3.8, 4) is 17.0 Å². The van der Waals surface area contributed by atoms with Crippen molar-refractivity contribution in [2.24, 2.45) is 0 Å². The average Bonchev–Trinajstić information content (AvgIpc) is 2.32. The van der Waals surface area contributed by atoms with Gasteiger partial charge in [-0.05, 0) is 54.5 Å². The van der Waals surface area contributed by atoms with Gasteiger partial charge in [-0.15, -0.1) is 0 Å². The molecule has 0 aliphatic carbocycles. The Labute approximate surface area is 99.1 Å². The molecular formula is C12H12N2OS. The molecular weight excluding hydrogens is 220 g/mol. The van der Waals surface area contributed by atoms with Crippen LogP contribution < -0.4 is 4.74 Å². The van der Waals surface area contributed by atoms with Crippen molar-refractivity contribution in [2.45, 2.75) is 6.92 Å². The number of benzene rings is 1. The Balaban J connectivity index is 2.50. The summed E-state index contributed by atoms with van der Waals surface area (Å²) in [6, 6.07) is 7.83. The summed E-state index contributed by atoms with van der Waals surface area (Å²) in [7, 11) is 1.65. The van der Waals surface area contributed by atoms with Crippen molar-refractivity contribution in [3.05, 3.63) is 40.8 Å². The zero-order valence-corrected chi connectivity index (χ0v) is 9.97. The SMILES string of the molecule is COc1ccc(-c2[nH]c(=S)ncc2C)cc1. The minimum atomic E-state index is 0.497. The smallest absolute Gasteiger partial charge is 0.197 e. The zero-order valence-electron chi connectivity index (χ0n) is 9.15. The van der Waals surface area contributed by atoms with Crippen LogP contribution in [0.2, 0.25) is 0 Å². The van der Waals surface area contributed by atoms with Crippen LogP contribution in [0.5, 0.6) is 5.75 Å². The molecule has 3 nitrogen and oxygen atoms in total. The number of aromatic nitrogens is 2. The van der Waals surface area contributed by atoms with Crippen LogP contribution in [0.25, 0.3) is 11.3 Å². The highest BCUT2D eigenvalue weighted by molar-refractivity contribution is 7.71. The number of nitrogens with one attached hydrogen (secondary N) is 1. The van der Waals surface area contributed by atoms with E-state index in [0.717, 1.165) is 22.6 Å². The van der Waals surface area contributed by atoms with Gasteiger partial charge < -0.3 is 9.72 Å². The van der Waals surface area contributed by atoms with Crippen LogP contribution in [-0.4, -0.2) is 17.1 Å². The topological polar surface area (TPSA) is 37.9 Å². The molecule has 0 aliphatic heterocycles. The number of aryl methyl sites for hydroxylation is 1. The zero-order chi connectivity index (χ0) is 11.5. The molecule has 0 unspecified atom stereocenters. The molecule has 4 heteroatoms. The van der Waals surface area contributed by atoms with E-state index in [0.29, 0.717) is 4.77 Å². The molecule has 16 heavy (non-hydrogen) atoms. The Morgan fingerprint density at radius 1 is 1.25 bits per heavy atom. The van der Waals surface area contributed by atoms with Gasteiger partial charge >= 0.3 is 0 Å². The number of hydrogen-bond donors (Lipinski definition) is 1. The first-order valence-corrected chi connectivity index (χ1v) is 5.32. The van der Waals surface area contributed by atoms with E-state index in [-0.39, 0.29) is 0 Å². The molecule has 2 rings (SSSR count). The molecule has 0 saturated carbocycles. The summed E-state index contributed by atoms with van der Waals surface area (Å²) < 4.78 is 5.61. The number of methoxy groups -OCH3 is 1. The lowest BCUT2D eigenvalue weighted by Crippen LogP contribution is -1.91. The third-order valence-corrected chi connectivity index (χ3v) is 2.59. The lowest BCUT2D eigenvalue weighted by Gasteiger charge is -2.06. The molecule has 1 aromatic carbocycles. The van der Waals surface area contributed by atoms with Gasteiger partial charge in [-0.2, -0.15) is 0 Å². The number of aromatic amines is 1. The molecule has 1 N–H and O–H groups in total. The minimum Gasteiger partial charge on any atom is -0.497 e. The molecule has 0 spiro atoms. The van der Waals surface area contributed by atoms with E-state index in [1.54, 1.807) is 13.3 Å². The molecule has 0 bridgehead atoms. The molecule has 1 aromatic heterocycles. The molecule has 2 aromatic rings. The summed E-state index contributed by atoms with van der Waals surface area (Å²) in [6.07, 6.45) is 1.78. The maximum Gasteiger partial charge on any atom is 0.197 e. The molecule has 0 aliphatic rings. The molecule has 82 valence electrons. The number of nitrogens with zero attached hydrogens (tertiary/aromatic N) is 1. The van der Waals surface area contributed by atoms with Gasteiger partial charge in [-0.25, -0.2) is 4.98 Å². The van der Waals surface area contributed by atoms with Gasteiger partial charge in [0.05, 0.1) is 12.8 Å². The number of rotatable bonds is 2. The molecule has 1 heterocycles. The predicted molar refractivity (Wildman–Crippen MR) is 66.1 cm³/mol. The van der Waals surface area contributed by atoms with Gasteiger partial charge in [0.2, 0.25) is 0 Å². The van der Waals surface area contributed by atoms with Gasteiger partial charge in [-0.1, -0.05) is 0 Å². The lowest BCUT2D eigenvalue weighted by molar-refractivity contribution is 0.415. The fraction of sp³-hybridized carbons (Fsp3) is 0.167. The fourth-order valence-corrected chi connectivity index (χ4v) is 1.67. The van der Waals surface area contributed by atoms with Crippen LogP contribution in [0.4, 0.5) is 0 Å². The van der Waals surface area contributed by atoms with Crippen LogP contribution in [-0.2, 0) is 0 Å². The normalized spacial score (nSPS) is 10.1. The summed E-state index contributed by atoms with van der Waals surface area (Å²) in [5, 5.41) is 0. The Morgan fingerprint density at radius 2 is 1.94 bits per heavy atom. The van der Waals surface area contributed by atoms with Crippen molar-refractivity contribution in [3.63, 3.8) is 0 Å². The van der Waals surface area contributed by atoms with Crippen molar-refractivity contribution in [1.82, 2.24) is 9.97 Å². The quantitative estimate of drug-likeness (QED) is 0.808. The van der Waals surface area contributed by atoms with Crippen LogP contribution in [0, 0.1) is 11.7 Å². The Hall–Kier alpha value is -1.68. The number of H-pyrrole nitrogens is 1. The lowest BCUT2D eigenvalue weighted by atomic mass is 10.1. The van der Waals surface area contributed by atoms with Crippen LogP contribution in [0.3, 0.4) is 0 Å². The van der Waals surface area contributed by atoms with Gasteiger partial charge in [0, 0.05) is 6.20 Å². The van der Waals surface area contributed by atoms with E-state index < -0.39 is 0 Å². The summed E-state index contributed by atoms with van der Waals surface area (Å²) in [5.41, 5.74) is 3.15. The third kappa shape index (κ3) is 2.12. The predicted octanol–water partition coefficient (Wildman–Crippen LogP) is 3.12. The molecule has 0 saturated heterocycles. The maximum atomic E-state index is 5.12. The highest BCUT2D eigenvalue weighted by Gasteiger charge is 2.02. The second-order valence-corrected chi connectivity index (χ2v) is 3.86. The molecule has 0 amide bonds. The van der Waals surface area contributed by atoms with E-state index in [1.807, 2.05) is 31.2 Å². The fourth-order valence-electron chi connectivity index (χ4n) is 1.52. The van der Waals surface area contributed by atoms with Crippen molar-refractivity contribution >= 4 is 12.2 Å². The Morgan fingerprint density at radius 3 is 2.56 bits per heavy atom. The first kappa shape index (κ1) is 10.8. The third-order valence-electron chi connectivity index (χ3n) is 2.38. The van der Waals surface area contributed by atoms with E-state index in [2.05, 4.69) is 9.97 Å². The average molecular weight is 232 g/mol. The molecule has 0 atom stereocenters. The second kappa shape index (κ2) is 4.45. The number of hydrogen-bond acceptors (Lipinski definition) is 3. The van der Waals surface area contributed by atoms with E-state index in [1.165, 1.54) is 0 Å². The first-order valence-electron chi connectivity index (χ1n) is 4.91. The number of ether oxygens (including phenoxy) is 1. The molecule has 0 fully saturated rings. The largest absolute Gasteiger partial charge is 0.497 e. The summed E-state index contributed by atoms with van der Waals surface area (Å²) >= 11 is 5.02. The highest BCUT2D eigenvalue weighted by Crippen LogP contribution is 2.22. The second-order valence-electron chi connectivity index (χ2n) is 3.47. The van der Waals surface area contributed by atoms with Gasteiger partial charge in [0.15, 0.2) is 4.77 Å². The van der Waals surface area contributed by atoms with E-state index in [4.69, 9.17) is 17.0 Å². The van der Waals surface area contributed by atoms with Crippen molar-refractivity contribution in [1.29, 1.82) is 0 Å². The summed E-state index contributed by atoms with van der Waals surface area (Å²) in [4.78, 5) is 7.13. The Kier molecular flexibility index (Phi) is 3.01. The summed E-state index contributed by atoms with van der Waals surface area (Å²) in [6.45, 7) is 2.00.